The van der Waals surface area contributed by atoms with Crippen molar-refractivity contribution < 1.29 is 9.18 Å². The first-order valence-electron chi connectivity index (χ1n) is 10.8. The van der Waals surface area contributed by atoms with Crippen molar-refractivity contribution in [3.63, 3.8) is 0 Å². The van der Waals surface area contributed by atoms with E-state index >= 15 is 0 Å². The summed E-state index contributed by atoms with van der Waals surface area (Å²) in [5.41, 5.74) is 3.08. The summed E-state index contributed by atoms with van der Waals surface area (Å²) < 4.78 is 14.6. The molecule has 0 bridgehead atoms. The van der Waals surface area contributed by atoms with E-state index in [0.29, 0.717) is 18.1 Å². The van der Waals surface area contributed by atoms with E-state index in [1.807, 2.05) is 17.2 Å². The zero-order valence-corrected chi connectivity index (χ0v) is 17.3. The number of carbonyl (C=O) groups excluding carboxylic acids is 1. The Morgan fingerprint density at radius 3 is 2.69 bits per heavy atom. The quantitative estimate of drug-likeness (QED) is 0.691. The van der Waals surface area contributed by atoms with Crippen LogP contribution in [0.5, 0.6) is 0 Å². The summed E-state index contributed by atoms with van der Waals surface area (Å²) in [4.78, 5) is 19.4. The van der Waals surface area contributed by atoms with Crippen molar-refractivity contribution in [1.29, 1.82) is 0 Å². The highest BCUT2D eigenvalue weighted by molar-refractivity contribution is 6.29. The molecule has 1 aromatic rings. The number of amides is 1. The third-order valence-electron chi connectivity index (χ3n) is 6.82. The first kappa shape index (κ1) is 19.0. The number of aliphatic imine (C=N–C) groups is 1. The second-order valence-electron chi connectivity index (χ2n) is 8.68. The predicted octanol–water partition coefficient (Wildman–Crippen LogP) is 3.99. The van der Waals surface area contributed by atoms with E-state index in [1.165, 1.54) is 16.0 Å². The Labute approximate surface area is 175 Å². The molecule has 0 radical (unpaired) electrons. The second kappa shape index (κ2) is 7.71. The minimum atomic E-state index is -0.900. The van der Waals surface area contributed by atoms with Gasteiger partial charge in [0.2, 0.25) is 0 Å². The number of fused-ring (bicyclic) bond motifs is 3. The van der Waals surface area contributed by atoms with Gasteiger partial charge in [-0.2, -0.15) is 0 Å². The summed E-state index contributed by atoms with van der Waals surface area (Å²) in [5.74, 6) is 0.300. The maximum atomic E-state index is 14.6. The van der Waals surface area contributed by atoms with Gasteiger partial charge in [0.25, 0.3) is 5.91 Å². The van der Waals surface area contributed by atoms with Crippen LogP contribution in [-0.2, 0) is 13.0 Å². The smallest absolute Gasteiger partial charge is 0.254 e. The molecule has 5 heteroatoms. The molecule has 29 heavy (non-hydrogen) atoms. The molecule has 4 aliphatic rings. The Kier molecular flexibility index (Phi) is 5.07. The normalized spacial score (nSPS) is 28.3. The van der Waals surface area contributed by atoms with Gasteiger partial charge in [-0.25, -0.2) is 9.38 Å². The van der Waals surface area contributed by atoms with Crippen LogP contribution >= 0.6 is 11.6 Å². The van der Waals surface area contributed by atoms with Crippen LogP contribution in [0.1, 0.15) is 66.4 Å². The van der Waals surface area contributed by atoms with E-state index in [9.17, 15) is 9.18 Å². The van der Waals surface area contributed by atoms with E-state index in [2.05, 4.69) is 23.2 Å². The minimum Gasteiger partial charge on any atom is -0.328 e. The molecule has 0 spiro atoms. The van der Waals surface area contributed by atoms with Crippen LogP contribution in [0.25, 0.3) is 12.2 Å². The van der Waals surface area contributed by atoms with Gasteiger partial charge in [-0.3, -0.25) is 4.79 Å². The third kappa shape index (κ3) is 3.46. The number of halogens is 2. The summed E-state index contributed by atoms with van der Waals surface area (Å²) in [6.07, 6.45) is 14.6. The fourth-order valence-electron chi connectivity index (χ4n) is 5.32. The predicted molar refractivity (Wildman–Crippen MR) is 115 cm³/mol. The fraction of sp³-hybridized carbons (Fsp3) is 0.500. The Morgan fingerprint density at radius 1 is 1.14 bits per heavy atom. The maximum Gasteiger partial charge on any atom is 0.254 e. The van der Waals surface area contributed by atoms with Gasteiger partial charge in [0.1, 0.15) is 11.3 Å². The Bertz CT molecular complexity index is 1030. The molecule has 2 aliphatic heterocycles. The molecule has 2 heterocycles. The van der Waals surface area contributed by atoms with Gasteiger partial charge < -0.3 is 4.90 Å². The number of benzene rings is 1. The molecule has 2 aliphatic carbocycles. The van der Waals surface area contributed by atoms with Crippen molar-refractivity contribution in [3.8, 4) is 0 Å². The van der Waals surface area contributed by atoms with Gasteiger partial charge >= 0.3 is 0 Å². The van der Waals surface area contributed by atoms with Crippen LogP contribution in [0, 0.1) is 5.92 Å². The molecule has 1 amide bonds. The van der Waals surface area contributed by atoms with Crippen molar-refractivity contribution in [2.75, 3.05) is 0 Å². The van der Waals surface area contributed by atoms with Gasteiger partial charge in [-0.1, -0.05) is 36.6 Å². The number of hydrogen-bond acceptors (Lipinski definition) is 2. The summed E-state index contributed by atoms with van der Waals surface area (Å²) >= 11 is 5.97. The van der Waals surface area contributed by atoms with Crippen molar-refractivity contribution >= 4 is 35.9 Å². The molecule has 3 atom stereocenters. The van der Waals surface area contributed by atoms with Crippen molar-refractivity contribution in [1.82, 2.24) is 4.90 Å². The molecule has 1 aromatic carbocycles. The average molecular weight is 413 g/mol. The lowest BCUT2D eigenvalue weighted by Crippen LogP contribution is -2.44. The Balaban J connectivity index is 1.52. The lowest BCUT2D eigenvalue weighted by molar-refractivity contribution is 0.0483. The molecule has 3 unspecified atom stereocenters. The van der Waals surface area contributed by atoms with E-state index in [0.717, 1.165) is 56.1 Å². The second-order valence-corrected chi connectivity index (χ2v) is 9.07. The SMILES string of the molecule is O=C1c2cc(CC3C=NC(Cl)=CC3)c3c(c2CN1C1CCCCC1F)=CCCC=3. The van der Waals surface area contributed by atoms with E-state index < -0.39 is 6.17 Å². The average Bonchev–Trinajstić information content (AvgIpc) is 3.07. The first-order chi connectivity index (χ1) is 14.1. The number of nitrogens with zero attached hydrogens (tertiary/aromatic N) is 2. The monoisotopic (exact) mass is 412 g/mol. The van der Waals surface area contributed by atoms with Crippen LogP contribution in [-0.4, -0.2) is 29.2 Å². The first-order valence-corrected chi connectivity index (χ1v) is 11.2. The standard InChI is InChI=1S/C24H26ClFN2O/c25-23-10-9-15(13-27-23)11-16-12-19-20(18-6-2-1-5-17(16)18)14-28(24(19)29)22-8-4-3-7-21(22)26/h5-6,10,12-13,15,21-22H,1-4,7-9,11,14H2. The molecule has 0 saturated heterocycles. The van der Waals surface area contributed by atoms with Crippen molar-refractivity contribution in [3.05, 3.63) is 44.4 Å². The number of hydrogen-bond donors (Lipinski definition) is 0. The molecule has 0 aromatic heterocycles. The maximum absolute atomic E-state index is 14.6. The highest BCUT2D eigenvalue weighted by Gasteiger charge is 2.39. The highest BCUT2D eigenvalue weighted by atomic mass is 35.5. The minimum absolute atomic E-state index is 0.0119. The van der Waals surface area contributed by atoms with Crippen LogP contribution < -0.4 is 10.4 Å². The van der Waals surface area contributed by atoms with Crippen LogP contribution in [0.3, 0.4) is 0 Å². The molecule has 0 N–H and O–H groups in total. The van der Waals surface area contributed by atoms with Crippen LogP contribution in [0.4, 0.5) is 4.39 Å². The molecule has 152 valence electrons. The van der Waals surface area contributed by atoms with Crippen LogP contribution in [0.15, 0.2) is 22.3 Å². The molecule has 1 saturated carbocycles. The molecular weight excluding hydrogens is 387 g/mol. The number of allylic oxidation sites excluding steroid dienone is 1. The topological polar surface area (TPSA) is 32.7 Å². The lowest BCUT2D eigenvalue weighted by atomic mass is 9.89. The van der Waals surface area contributed by atoms with Gasteiger partial charge in [-0.05, 0) is 72.2 Å². The van der Waals surface area contributed by atoms with Gasteiger partial charge in [0.05, 0.1) is 6.04 Å². The summed E-state index contributed by atoms with van der Waals surface area (Å²) in [6.45, 7) is 0.551. The van der Waals surface area contributed by atoms with E-state index in [-0.39, 0.29) is 17.9 Å². The van der Waals surface area contributed by atoms with Crippen molar-refractivity contribution in [2.45, 2.75) is 70.1 Å². The zero-order chi connectivity index (χ0) is 20.0. The molecule has 5 rings (SSSR count). The summed E-state index contributed by atoms with van der Waals surface area (Å²) in [6, 6.07) is 1.81. The fourth-order valence-corrected chi connectivity index (χ4v) is 5.46. The third-order valence-corrected chi connectivity index (χ3v) is 7.07. The van der Waals surface area contributed by atoms with Crippen molar-refractivity contribution in [2.24, 2.45) is 10.9 Å². The number of rotatable bonds is 3. The summed E-state index contributed by atoms with van der Waals surface area (Å²) in [5, 5.41) is 3.02. The molecular formula is C24H26ClFN2O. The van der Waals surface area contributed by atoms with Crippen LogP contribution in [0.2, 0.25) is 0 Å². The van der Waals surface area contributed by atoms with Gasteiger partial charge in [0, 0.05) is 24.2 Å². The van der Waals surface area contributed by atoms with Gasteiger partial charge in [-0.15, -0.1) is 0 Å². The highest BCUT2D eigenvalue weighted by Crippen LogP contribution is 2.32. The lowest BCUT2D eigenvalue weighted by Gasteiger charge is -2.33. The number of alkyl halides is 1. The zero-order valence-electron chi connectivity index (χ0n) is 16.5. The largest absolute Gasteiger partial charge is 0.328 e. The van der Waals surface area contributed by atoms with Gasteiger partial charge in [0.15, 0.2) is 0 Å². The molecule has 1 fully saturated rings. The van der Waals surface area contributed by atoms with E-state index in [1.54, 1.807) is 0 Å². The Hall–Kier alpha value is -1.94. The summed E-state index contributed by atoms with van der Waals surface area (Å²) in [7, 11) is 0. The van der Waals surface area contributed by atoms with E-state index in [4.69, 9.17) is 11.6 Å². The Morgan fingerprint density at radius 2 is 1.93 bits per heavy atom. The number of carbonyl (C=O) groups is 1. The molecule has 3 nitrogen and oxygen atoms in total.